The number of rotatable bonds is 3. The zero-order valence-corrected chi connectivity index (χ0v) is 14.8. The smallest absolute Gasteiger partial charge is 0.251 e. The number of hydrogen-bond acceptors (Lipinski definition) is 4. The Bertz CT molecular complexity index is 850. The first kappa shape index (κ1) is 16.0. The number of carbonyl (C=O) groups excluding carboxylic acids is 1. The number of fused-ring (bicyclic) bond motifs is 1. The van der Waals surface area contributed by atoms with Gasteiger partial charge in [0, 0.05) is 62.1 Å². The molecule has 5 heteroatoms. The number of pyridine rings is 1. The van der Waals surface area contributed by atoms with Crippen LogP contribution in [-0.4, -0.2) is 42.1 Å². The van der Waals surface area contributed by atoms with Crippen molar-refractivity contribution in [1.82, 2.24) is 15.2 Å². The van der Waals surface area contributed by atoms with Crippen LogP contribution >= 0.6 is 0 Å². The standard InChI is InChI=1S/C21H23N3O2/c25-20-18-2-1-16(10-17(18)11-23-20)19-9-15(3-6-22-19)12-24-13-21(14-24)4-7-26-8-5-21/h1-3,6,9-10H,4-5,7-8,11-14H2,(H,23,25). The molecular weight excluding hydrogens is 326 g/mol. The second-order valence-corrected chi connectivity index (χ2v) is 7.86. The van der Waals surface area contributed by atoms with Crippen LogP contribution in [0.15, 0.2) is 36.5 Å². The number of nitrogens with zero attached hydrogens (tertiary/aromatic N) is 2. The fourth-order valence-electron chi connectivity index (χ4n) is 4.52. The molecule has 2 saturated heterocycles. The van der Waals surface area contributed by atoms with Gasteiger partial charge >= 0.3 is 0 Å². The van der Waals surface area contributed by atoms with Gasteiger partial charge in [-0.15, -0.1) is 0 Å². The molecule has 0 atom stereocenters. The molecule has 1 amide bonds. The maximum absolute atomic E-state index is 11.7. The average Bonchev–Trinajstić information content (AvgIpc) is 3.02. The Labute approximate surface area is 153 Å². The normalized spacial score (nSPS) is 21.3. The minimum Gasteiger partial charge on any atom is -0.381 e. The van der Waals surface area contributed by atoms with E-state index in [-0.39, 0.29) is 5.91 Å². The summed E-state index contributed by atoms with van der Waals surface area (Å²) in [7, 11) is 0. The van der Waals surface area contributed by atoms with Gasteiger partial charge in [0.25, 0.3) is 5.91 Å². The summed E-state index contributed by atoms with van der Waals surface area (Å²) in [5, 5.41) is 2.87. The van der Waals surface area contributed by atoms with Gasteiger partial charge in [0.05, 0.1) is 5.69 Å². The van der Waals surface area contributed by atoms with Gasteiger partial charge in [-0.2, -0.15) is 0 Å². The molecule has 3 aliphatic rings. The van der Waals surface area contributed by atoms with E-state index in [9.17, 15) is 4.79 Å². The van der Waals surface area contributed by atoms with Crippen molar-refractivity contribution in [2.75, 3.05) is 26.3 Å². The Kier molecular flexibility index (Phi) is 3.80. The zero-order valence-electron chi connectivity index (χ0n) is 14.8. The first-order valence-electron chi connectivity index (χ1n) is 9.37. The summed E-state index contributed by atoms with van der Waals surface area (Å²) in [6.45, 7) is 5.79. The molecular formula is C21H23N3O2. The number of ether oxygens (including phenoxy) is 1. The van der Waals surface area contributed by atoms with Crippen LogP contribution < -0.4 is 5.32 Å². The molecule has 0 aliphatic carbocycles. The Morgan fingerprint density at radius 3 is 2.85 bits per heavy atom. The molecule has 1 N–H and O–H groups in total. The summed E-state index contributed by atoms with van der Waals surface area (Å²) in [5.74, 6) is 0.0214. The first-order chi connectivity index (χ1) is 12.7. The Morgan fingerprint density at radius 2 is 2.00 bits per heavy atom. The summed E-state index contributed by atoms with van der Waals surface area (Å²) in [6.07, 6.45) is 4.30. The topological polar surface area (TPSA) is 54.5 Å². The van der Waals surface area contributed by atoms with Crippen molar-refractivity contribution in [2.24, 2.45) is 5.41 Å². The van der Waals surface area contributed by atoms with Crippen LogP contribution in [0, 0.1) is 5.41 Å². The van der Waals surface area contributed by atoms with Crippen LogP contribution in [0.2, 0.25) is 0 Å². The Balaban J connectivity index is 1.30. The van der Waals surface area contributed by atoms with Crippen LogP contribution in [0.3, 0.4) is 0 Å². The minimum atomic E-state index is 0.0214. The summed E-state index contributed by atoms with van der Waals surface area (Å²) in [6, 6.07) is 10.3. The number of nitrogens with one attached hydrogen (secondary N) is 1. The molecule has 2 fully saturated rings. The van der Waals surface area contributed by atoms with Crippen LogP contribution in [0.1, 0.15) is 34.3 Å². The van der Waals surface area contributed by atoms with E-state index < -0.39 is 0 Å². The van der Waals surface area contributed by atoms with Crippen LogP contribution in [0.5, 0.6) is 0 Å². The highest BCUT2D eigenvalue weighted by Crippen LogP contribution is 2.40. The summed E-state index contributed by atoms with van der Waals surface area (Å²) < 4.78 is 5.50. The molecule has 3 aliphatic heterocycles. The largest absolute Gasteiger partial charge is 0.381 e. The number of amides is 1. The predicted octanol–water partition coefficient (Wildman–Crippen LogP) is 2.60. The lowest BCUT2D eigenvalue weighted by molar-refractivity contribution is -0.0839. The van der Waals surface area contributed by atoms with Crippen LogP contribution in [0.4, 0.5) is 0 Å². The highest BCUT2D eigenvalue weighted by molar-refractivity contribution is 5.98. The molecule has 0 radical (unpaired) electrons. The number of aromatic nitrogens is 1. The third-order valence-electron chi connectivity index (χ3n) is 5.99. The summed E-state index contributed by atoms with van der Waals surface area (Å²) in [4.78, 5) is 18.8. The Hall–Kier alpha value is -2.24. The molecule has 0 bridgehead atoms. The molecule has 1 aromatic heterocycles. The molecule has 134 valence electrons. The maximum atomic E-state index is 11.7. The fourth-order valence-corrected chi connectivity index (χ4v) is 4.52. The summed E-state index contributed by atoms with van der Waals surface area (Å²) >= 11 is 0. The highest BCUT2D eigenvalue weighted by Gasteiger charge is 2.43. The van der Waals surface area contributed by atoms with E-state index in [2.05, 4.69) is 33.4 Å². The van der Waals surface area contributed by atoms with Crippen molar-refractivity contribution in [1.29, 1.82) is 0 Å². The van der Waals surface area contributed by atoms with Crippen molar-refractivity contribution in [3.05, 3.63) is 53.2 Å². The number of likely N-dealkylation sites (tertiary alicyclic amines) is 1. The van der Waals surface area contributed by atoms with Crippen molar-refractivity contribution < 1.29 is 9.53 Å². The van der Waals surface area contributed by atoms with E-state index in [0.717, 1.165) is 42.1 Å². The van der Waals surface area contributed by atoms with Gasteiger partial charge in [-0.25, -0.2) is 0 Å². The summed E-state index contributed by atoms with van der Waals surface area (Å²) in [5.41, 5.74) is 5.70. The van der Waals surface area contributed by atoms with Gasteiger partial charge in [-0.05, 0) is 48.2 Å². The lowest BCUT2D eigenvalue weighted by Gasteiger charge is -2.52. The van der Waals surface area contributed by atoms with E-state index in [0.29, 0.717) is 12.0 Å². The van der Waals surface area contributed by atoms with E-state index in [4.69, 9.17) is 4.74 Å². The number of hydrogen-bond donors (Lipinski definition) is 1. The van der Waals surface area contributed by atoms with Gasteiger partial charge < -0.3 is 10.1 Å². The van der Waals surface area contributed by atoms with Gasteiger partial charge in [0.15, 0.2) is 0 Å². The number of carbonyl (C=O) groups is 1. The van der Waals surface area contributed by atoms with Crippen molar-refractivity contribution in [3.63, 3.8) is 0 Å². The van der Waals surface area contributed by atoms with E-state index in [1.807, 2.05) is 18.3 Å². The third-order valence-corrected chi connectivity index (χ3v) is 5.99. The van der Waals surface area contributed by atoms with E-state index in [1.54, 1.807) is 0 Å². The predicted molar refractivity (Wildman–Crippen MR) is 98.6 cm³/mol. The van der Waals surface area contributed by atoms with E-state index >= 15 is 0 Å². The molecule has 1 spiro atoms. The molecule has 26 heavy (non-hydrogen) atoms. The van der Waals surface area contributed by atoms with E-state index in [1.165, 1.54) is 31.5 Å². The highest BCUT2D eigenvalue weighted by atomic mass is 16.5. The van der Waals surface area contributed by atoms with Gasteiger partial charge in [-0.1, -0.05) is 6.07 Å². The molecule has 5 rings (SSSR count). The maximum Gasteiger partial charge on any atom is 0.251 e. The quantitative estimate of drug-likeness (QED) is 0.925. The molecule has 0 saturated carbocycles. The fraction of sp³-hybridized carbons (Fsp3) is 0.429. The first-order valence-corrected chi connectivity index (χ1v) is 9.37. The lowest BCUT2D eigenvalue weighted by atomic mass is 9.73. The van der Waals surface area contributed by atoms with Crippen molar-refractivity contribution >= 4 is 5.91 Å². The average molecular weight is 349 g/mol. The van der Waals surface area contributed by atoms with Crippen LogP contribution in [-0.2, 0) is 17.8 Å². The Morgan fingerprint density at radius 1 is 1.15 bits per heavy atom. The number of benzene rings is 1. The lowest BCUT2D eigenvalue weighted by Crippen LogP contribution is -2.57. The molecule has 1 aromatic carbocycles. The second-order valence-electron chi connectivity index (χ2n) is 7.86. The zero-order chi connectivity index (χ0) is 17.6. The molecule has 2 aromatic rings. The molecule has 4 heterocycles. The SMILES string of the molecule is O=C1NCc2cc(-c3cc(CN4CC5(CCOCC5)C4)ccn3)ccc21. The minimum absolute atomic E-state index is 0.0214. The van der Waals surface area contributed by atoms with Crippen molar-refractivity contribution in [2.45, 2.75) is 25.9 Å². The van der Waals surface area contributed by atoms with Gasteiger partial charge in [0.1, 0.15) is 0 Å². The van der Waals surface area contributed by atoms with Crippen LogP contribution in [0.25, 0.3) is 11.3 Å². The molecule has 0 unspecified atom stereocenters. The molecule has 5 nitrogen and oxygen atoms in total. The van der Waals surface area contributed by atoms with Gasteiger partial charge in [-0.3, -0.25) is 14.7 Å². The van der Waals surface area contributed by atoms with Gasteiger partial charge in [0.2, 0.25) is 0 Å². The van der Waals surface area contributed by atoms with Crippen molar-refractivity contribution in [3.8, 4) is 11.3 Å². The second kappa shape index (κ2) is 6.18. The third kappa shape index (κ3) is 2.81. The monoisotopic (exact) mass is 349 g/mol.